The molecule has 2 atom stereocenters. The van der Waals surface area contributed by atoms with Gasteiger partial charge in [-0.1, -0.05) is 6.07 Å². The van der Waals surface area contributed by atoms with Crippen LogP contribution in [0.4, 0.5) is 0 Å². The topological polar surface area (TPSA) is 21.3 Å². The Labute approximate surface area is 116 Å². The fraction of sp³-hybridized carbons (Fsp3) is 0.429. The Morgan fingerprint density at radius 1 is 1.44 bits per heavy atom. The van der Waals surface area contributed by atoms with Crippen molar-refractivity contribution in [3.05, 3.63) is 33.8 Å². The smallest absolute Gasteiger partial charge is 0.0700 e. The minimum Gasteiger partial charge on any atom is -0.377 e. The van der Waals surface area contributed by atoms with Gasteiger partial charge in [-0.3, -0.25) is 0 Å². The Hall–Kier alpha value is -0.680. The summed E-state index contributed by atoms with van der Waals surface area (Å²) in [6.07, 6.45) is 1.48. The monoisotopic (exact) mass is 279 g/mol. The fourth-order valence-electron chi connectivity index (χ4n) is 2.28. The first-order valence-corrected chi connectivity index (χ1v) is 8.05. The number of rotatable bonds is 4. The lowest BCUT2D eigenvalue weighted by Gasteiger charge is -2.14. The van der Waals surface area contributed by atoms with Gasteiger partial charge in [-0.2, -0.15) is 0 Å². The Balaban J connectivity index is 1.60. The first-order valence-electron chi connectivity index (χ1n) is 6.29. The zero-order valence-electron chi connectivity index (χ0n) is 10.4. The molecule has 0 radical (unpaired) electrons. The molecule has 0 aromatic carbocycles. The second kappa shape index (κ2) is 5.53. The quantitative estimate of drug-likeness (QED) is 0.920. The highest BCUT2D eigenvalue weighted by molar-refractivity contribution is 7.14. The summed E-state index contributed by atoms with van der Waals surface area (Å²) in [7, 11) is 0. The maximum atomic E-state index is 5.56. The van der Waals surface area contributed by atoms with Crippen LogP contribution in [-0.2, 0) is 11.3 Å². The average molecular weight is 279 g/mol. The lowest BCUT2D eigenvalue weighted by molar-refractivity contribution is 0.113. The summed E-state index contributed by atoms with van der Waals surface area (Å²) < 4.78 is 5.56. The van der Waals surface area contributed by atoms with Gasteiger partial charge in [-0.15, -0.1) is 22.7 Å². The molecule has 0 spiro atoms. The second-order valence-electron chi connectivity index (χ2n) is 4.63. The van der Waals surface area contributed by atoms with E-state index in [9.17, 15) is 0 Å². The predicted octanol–water partition coefficient (Wildman–Crippen LogP) is 3.74. The summed E-state index contributed by atoms with van der Waals surface area (Å²) in [5, 5.41) is 7.97. The van der Waals surface area contributed by atoms with Crippen LogP contribution >= 0.6 is 22.7 Å². The average Bonchev–Trinajstić information content (AvgIpc) is 3.08. The molecule has 2 unspecified atom stereocenters. The van der Waals surface area contributed by atoms with E-state index in [1.807, 2.05) is 11.3 Å². The summed E-state index contributed by atoms with van der Waals surface area (Å²) in [4.78, 5) is 2.76. The molecule has 1 aliphatic rings. The number of hydrogen-bond acceptors (Lipinski definition) is 4. The highest BCUT2D eigenvalue weighted by Crippen LogP contribution is 2.29. The Bertz CT molecular complexity index is 492. The standard InChI is InChI=1S/C14H17NOS2/c1-10-13(4-5-16-10)15-8-12-7-11(9-18-12)14-3-2-6-17-14/h2-3,6-7,9-10,13,15H,4-5,8H2,1H3. The molecule has 2 nitrogen and oxygen atoms in total. The minimum absolute atomic E-state index is 0.349. The molecule has 1 saturated heterocycles. The van der Waals surface area contributed by atoms with Crippen LogP contribution in [0.3, 0.4) is 0 Å². The van der Waals surface area contributed by atoms with Crippen molar-refractivity contribution in [3.8, 4) is 10.4 Å². The largest absolute Gasteiger partial charge is 0.377 e. The van der Waals surface area contributed by atoms with Gasteiger partial charge in [0.25, 0.3) is 0 Å². The Kier molecular flexibility index (Phi) is 3.80. The molecule has 2 aromatic rings. The van der Waals surface area contributed by atoms with Crippen molar-refractivity contribution in [2.45, 2.75) is 32.0 Å². The molecule has 18 heavy (non-hydrogen) atoms. The van der Waals surface area contributed by atoms with E-state index in [4.69, 9.17) is 4.74 Å². The van der Waals surface area contributed by atoms with E-state index in [0.717, 1.165) is 19.6 Å². The highest BCUT2D eigenvalue weighted by atomic mass is 32.1. The van der Waals surface area contributed by atoms with E-state index in [1.54, 1.807) is 11.3 Å². The summed E-state index contributed by atoms with van der Waals surface area (Å²) in [6, 6.07) is 7.09. The molecule has 0 saturated carbocycles. The van der Waals surface area contributed by atoms with Gasteiger partial charge >= 0.3 is 0 Å². The van der Waals surface area contributed by atoms with Gasteiger partial charge in [0.2, 0.25) is 0 Å². The van der Waals surface area contributed by atoms with Gasteiger partial charge in [0.05, 0.1) is 6.10 Å². The molecule has 0 amide bonds. The number of thiophene rings is 2. The van der Waals surface area contributed by atoms with E-state index in [-0.39, 0.29) is 0 Å². The lowest BCUT2D eigenvalue weighted by Crippen LogP contribution is -2.33. The van der Waals surface area contributed by atoms with Crippen LogP contribution in [0.5, 0.6) is 0 Å². The van der Waals surface area contributed by atoms with Crippen molar-refractivity contribution >= 4 is 22.7 Å². The minimum atomic E-state index is 0.349. The maximum Gasteiger partial charge on any atom is 0.0700 e. The van der Waals surface area contributed by atoms with Gasteiger partial charge in [0, 0.05) is 34.5 Å². The summed E-state index contributed by atoms with van der Waals surface area (Å²) in [5.41, 5.74) is 1.35. The third kappa shape index (κ3) is 2.67. The molecule has 1 aliphatic heterocycles. The molecule has 0 bridgehead atoms. The number of ether oxygens (including phenoxy) is 1. The van der Waals surface area contributed by atoms with Crippen molar-refractivity contribution in [3.63, 3.8) is 0 Å². The van der Waals surface area contributed by atoms with Crippen LogP contribution in [0.15, 0.2) is 29.0 Å². The molecule has 2 aromatic heterocycles. The van der Waals surface area contributed by atoms with Gasteiger partial charge in [-0.05, 0) is 36.2 Å². The van der Waals surface area contributed by atoms with E-state index in [0.29, 0.717) is 12.1 Å². The first kappa shape index (κ1) is 12.4. The van der Waals surface area contributed by atoms with Crippen LogP contribution in [0.1, 0.15) is 18.2 Å². The van der Waals surface area contributed by atoms with Crippen molar-refractivity contribution in [1.29, 1.82) is 0 Å². The Morgan fingerprint density at radius 2 is 2.39 bits per heavy atom. The fourth-order valence-corrected chi connectivity index (χ4v) is 3.90. The first-order chi connectivity index (χ1) is 8.83. The van der Waals surface area contributed by atoms with Crippen molar-refractivity contribution in [2.75, 3.05) is 6.61 Å². The van der Waals surface area contributed by atoms with Crippen molar-refractivity contribution in [1.82, 2.24) is 5.32 Å². The molecule has 1 fully saturated rings. The SMILES string of the molecule is CC1OCCC1NCc1cc(-c2cccs2)cs1. The second-order valence-corrected chi connectivity index (χ2v) is 6.57. The van der Waals surface area contributed by atoms with Crippen molar-refractivity contribution < 1.29 is 4.74 Å². The van der Waals surface area contributed by atoms with Gasteiger partial charge < -0.3 is 10.1 Å². The molecule has 4 heteroatoms. The number of nitrogens with one attached hydrogen (secondary N) is 1. The molecule has 3 heterocycles. The van der Waals surface area contributed by atoms with E-state index in [2.05, 4.69) is 41.2 Å². The van der Waals surface area contributed by atoms with Crippen molar-refractivity contribution in [2.24, 2.45) is 0 Å². The summed E-state index contributed by atoms with van der Waals surface area (Å²) in [6.45, 7) is 3.99. The van der Waals surface area contributed by atoms with E-state index < -0.39 is 0 Å². The van der Waals surface area contributed by atoms with E-state index in [1.165, 1.54) is 15.3 Å². The van der Waals surface area contributed by atoms with Crippen LogP contribution in [0, 0.1) is 0 Å². The maximum absolute atomic E-state index is 5.56. The molecule has 1 N–H and O–H groups in total. The van der Waals surface area contributed by atoms with Crippen LogP contribution in [-0.4, -0.2) is 18.8 Å². The molecular weight excluding hydrogens is 262 g/mol. The predicted molar refractivity (Wildman–Crippen MR) is 78.3 cm³/mol. The summed E-state index contributed by atoms with van der Waals surface area (Å²) >= 11 is 3.64. The molecular formula is C14H17NOS2. The Morgan fingerprint density at radius 3 is 3.11 bits per heavy atom. The highest BCUT2D eigenvalue weighted by Gasteiger charge is 2.23. The summed E-state index contributed by atoms with van der Waals surface area (Å²) in [5.74, 6) is 0. The van der Waals surface area contributed by atoms with Gasteiger partial charge in [-0.25, -0.2) is 0 Å². The zero-order chi connectivity index (χ0) is 12.4. The normalized spacial score (nSPS) is 23.6. The van der Waals surface area contributed by atoms with Gasteiger partial charge in [0.1, 0.15) is 0 Å². The third-order valence-electron chi connectivity index (χ3n) is 3.37. The van der Waals surface area contributed by atoms with E-state index >= 15 is 0 Å². The molecule has 96 valence electrons. The van der Waals surface area contributed by atoms with Crippen LogP contribution < -0.4 is 5.32 Å². The van der Waals surface area contributed by atoms with Crippen LogP contribution in [0.2, 0.25) is 0 Å². The van der Waals surface area contributed by atoms with Crippen LogP contribution in [0.25, 0.3) is 10.4 Å². The number of hydrogen-bond donors (Lipinski definition) is 1. The molecule has 0 aliphatic carbocycles. The van der Waals surface area contributed by atoms with Gasteiger partial charge in [0.15, 0.2) is 0 Å². The molecule has 3 rings (SSSR count). The lowest BCUT2D eigenvalue weighted by atomic mass is 10.1. The third-order valence-corrected chi connectivity index (χ3v) is 5.23. The zero-order valence-corrected chi connectivity index (χ0v) is 12.0.